The van der Waals surface area contributed by atoms with Crippen LogP contribution in [0.15, 0.2) is 30.3 Å². The van der Waals surface area contributed by atoms with Crippen LogP contribution in [0.5, 0.6) is 0 Å². The molecule has 0 aliphatic rings. The van der Waals surface area contributed by atoms with E-state index < -0.39 is 0 Å². The van der Waals surface area contributed by atoms with Gasteiger partial charge in [-0.2, -0.15) is 0 Å². The van der Waals surface area contributed by atoms with Gasteiger partial charge in [-0.25, -0.2) is 0 Å². The van der Waals surface area contributed by atoms with Crippen LogP contribution in [0.3, 0.4) is 0 Å². The van der Waals surface area contributed by atoms with Gasteiger partial charge in [-0.3, -0.25) is 0 Å². The Morgan fingerprint density at radius 3 is 3.00 bits per heavy atom. The summed E-state index contributed by atoms with van der Waals surface area (Å²) in [6.07, 6.45) is 3.56. The average Bonchev–Trinajstić information content (AvgIpc) is 2.27. The average molecular weight is 236 g/mol. The molecule has 0 atom stereocenters. The summed E-state index contributed by atoms with van der Waals surface area (Å²) in [5.74, 6) is 0. The molecule has 0 aliphatic heterocycles. The molecule has 0 bridgehead atoms. The van der Waals surface area contributed by atoms with Crippen molar-refractivity contribution in [3.8, 4) is 0 Å². The van der Waals surface area contributed by atoms with Crippen LogP contribution in [-0.2, 0) is 0 Å². The zero-order valence-electron chi connectivity index (χ0n) is 9.23. The van der Waals surface area contributed by atoms with E-state index in [4.69, 9.17) is 17.3 Å². The first kappa shape index (κ1) is 12.7. The molecule has 0 saturated carbocycles. The fourth-order valence-corrected chi connectivity index (χ4v) is 1.51. The Kier molecular flexibility index (Phi) is 5.53. The molecule has 0 heterocycles. The van der Waals surface area contributed by atoms with Crippen LogP contribution >= 0.6 is 12.2 Å². The van der Waals surface area contributed by atoms with Crippen molar-refractivity contribution in [2.24, 2.45) is 0 Å². The fourth-order valence-electron chi connectivity index (χ4n) is 1.24. The summed E-state index contributed by atoms with van der Waals surface area (Å²) in [7, 11) is 0. The predicted octanol–water partition coefficient (Wildman–Crippen LogP) is 2.00. The van der Waals surface area contributed by atoms with E-state index in [1.54, 1.807) is 6.08 Å². The Balaban J connectivity index is 2.67. The molecule has 0 spiro atoms. The zero-order chi connectivity index (χ0) is 11.8. The second-order valence-corrected chi connectivity index (χ2v) is 3.60. The summed E-state index contributed by atoms with van der Waals surface area (Å²) in [5.41, 5.74) is 1.96. The smallest absolute Gasteiger partial charge is 0.170 e. The fraction of sp³-hybridized carbons (Fsp3) is 0.250. The molecule has 1 rings (SSSR count). The van der Waals surface area contributed by atoms with Gasteiger partial charge in [0.05, 0.1) is 6.61 Å². The van der Waals surface area contributed by atoms with Crippen LogP contribution in [0.2, 0.25) is 0 Å². The zero-order valence-corrected chi connectivity index (χ0v) is 10.1. The minimum Gasteiger partial charge on any atom is -0.392 e. The summed E-state index contributed by atoms with van der Waals surface area (Å²) in [5, 5.41) is 15.4. The number of aliphatic hydroxyl groups excluding tert-OH is 1. The maximum atomic E-state index is 8.68. The molecule has 4 heteroatoms. The maximum Gasteiger partial charge on any atom is 0.170 e. The lowest BCUT2D eigenvalue weighted by Gasteiger charge is -2.08. The van der Waals surface area contributed by atoms with Crippen LogP contribution in [0.4, 0.5) is 5.69 Å². The van der Waals surface area contributed by atoms with E-state index in [0.717, 1.165) is 17.8 Å². The topological polar surface area (TPSA) is 44.3 Å². The minimum absolute atomic E-state index is 0.0491. The molecule has 0 fully saturated rings. The van der Waals surface area contributed by atoms with Gasteiger partial charge < -0.3 is 15.7 Å². The third-order valence-electron chi connectivity index (χ3n) is 1.90. The van der Waals surface area contributed by atoms with Crippen LogP contribution in [0.25, 0.3) is 6.08 Å². The van der Waals surface area contributed by atoms with E-state index in [1.165, 1.54) is 0 Å². The Hall–Kier alpha value is -1.39. The van der Waals surface area contributed by atoms with Gasteiger partial charge in [0.25, 0.3) is 0 Å². The summed E-state index contributed by atoms with van der Waals surface area (Å²) in [6.45, 7) is 2.85. The standard InChI is InChI=1S/C12H16N2OS/c1-2-13-12(16)14-11-7-3-5-10(9-11)6-4-8-15/h3-7,9,15H,2,8H2,1H3,(H2,13,14,16)/b6-4+. The number of benzene rings is 1. The van der Waals surface area contributed by atoms with E-state index in [1.807, 2.05) is 37.3 Å². The predicted molar refractivity (Wildman–Crippen MR) is 72.5 cm³/mol. The summed E-state index contributed by atoms with van der Waals surface area (Å²) in [4.78, 5) is 0. The Bertz CT molecular complexity index is 377. The molecule has 0 aliphatic carbocycles. The molecule has 3 nitrogen and oxygen atoms in total. The van der Waals surface area contributed by atoms with Crippen LogP contribution < -0.4 is 10.6 Å². The maximum absolute atomic E-state index is 8.68. The molecule has 0 amide bonds. The Labute approximate surface area is 101 Å². The number of hydrogen-bond donors (Lipinski definition) is 3. The Morgan fingerprint density at radius 2 is 2.31 bits per heavy atom. The first-order valence-electron chi connectivity index (χ1n) is 5.18. The molecular weight excluding hydrogens is 220 g/mol. The lowest BCUT2D eigenvalue weighted by atomic mass is 10.2. The van der Waals surface area contributed by atoms with Gasteiger partial charge >= 0.3 is 0 Å². The third kappa shape index (κ3) is 4.42. The van der Waals surface area contributed by atoms with Gasteiger partial charge in [-0.15, -0.1) is 0 Å². The van der Waals surface area contributed by atoms with Crippen molar-refractivity contribution in [2.75, 3.05) is 18.5 Å². The van der Waals surface area contributed by atoms with E-state index in [-0.39, 0.29) is 6.61 Å². The Morgan fingerprint density at radius 1 is 1.50 bits per heavy atom. The molecule has 1 aromatic carbocycles. The summed E-state index contributed by atoms with van der Waals surface area (Å²) >= 11 is 5.09. The third-order valence-corrected chi connectivity index (χ3v) is 2.14. The number of anilines is 1. The molecule has 1 aromatic rings. The normalized spacial score (nSPS) is 10.4. The quantitative estimate of drug-likeness (QED) is 0.700. The lowest BCUT2D eigenvalue weighted by Crippen LogP contribution is -2.27. The summed E-state index contributed by atoms with van der Waals surface area (Å²) in [6, 6.07) is 7.82. The molecule has 16 heavy (non-hydrogen) atoms. The molecule has 0 aromatic heterocycles. The number of thiocarbonyl (C=S) groups is 1. The highest BCUT2D eigenvalue weighted by Crippen LogP contribution is 2.11. The second-order valence-electron chi connectivity index (χ2n) is 3.19. The van der Waals surface area contributed by atoms with E-state index in [2.05, 4.69) is 10.6 Å². The molecule has 0 unspecified atom stereocenters. The molecule has 0 saturated heterocycles. The van der Waals surface area contributed by atoms with Gasteiger partial charge in [-0.1, -0.05) is 24.3 Å². The van der Waals surface area contributed by atoms with E-state index in [9.17, 15) is 0 Å². The number of aliphatic hydroxyl groups is 1. The molecule has 3 N–H and O–H groups in total. The van der Waals surface area contributed by atoms with Crippen molar-refractivity contribution in [1.82, 2.24) is 5.32 Å². The largest absolute Gasteiger partial charge is 0.392 e. The second kappa shape index (κ2) is 6.98. The number of rotatable bonds is 4. The monoisotopic (exact) mass is 236 g/mol. The van der Waals surface area contributed by atoms with Crippen molar-refractivity contribution < 1.29 is 5.11 Å². The van der Waals surface area contributed by atoms with Gasteiger partial charge in [-0.05, 0) is 36.8 Å². The lowest BCUT2D eigenvalue weighted by molar-refractivity contribution is 0.343. The van der Waals surface area contributed by atoms with Crippen molar-refractivity contribution in [2.45, 2.75) is 6.92 Å². The van der Waals surface area contributed by atoms with Crippen molar-refractivity contribution in [1.29, 1.82) is 0 Å². The number of hydrogen-bond acceptors (Lipinski definition) is 2. The molecule has 0 radical (unpaired) electrons. The highest BCUT2D eigenvalue weighted by molar-refractivity contribution is 7.80. The van der Waals surface area contributed by atoms with Crippen LogP contribution in [0.1, 0.15) is 12.5 Å². The van der Waals surface area contributed by atoms with Crippen molar-refractivity contribution >= 4 is 29.1 Å². The van der Waals surface area contributed by atoms with Gasteiger partial charge in [0.15, 0.2) is 5.11 Å². The van der Waals surface area contributed by atoms with E-state index in [0.29, 0.717) is 5.11 Å². The van der Waals surface area contributed by atoms with Crippen LogP contribution in [0, 0.1) is 0 Å². The SMILES string of the molecule is CCNC(=S)Nc1cccc(/C=C/CO)c1. The van der Waals surface area contributed by atoms with Crippen LogP contribution in [-0.4, -0.2) is 23.4 Å². The van der Waals surface area contributed by atoms with E-state index >= 15 is 0 Å². The highest BCUT2D eigenvalue weighted by Gasteiger charge is 1.96. The molecule has 86 valence electrons. The molecular formula is C12H16N2OS. The van der Waals surface area contributed by atoms with Crippen molar-refractivity contribution in [3.63, 3.8) is 0 Å². The van der Waals surface area contributed by atoms with Crippen molar-refractivity contribution in [3.05, 3.63) is 35.9 Å². The first-order valence-corrected chi connectivity index (χ1v) is 5.59. The van der Waals surface area contributed by atoms with Gasteiger partial charge in [0, 0.05) is 12.2 Å². The van der Waals surface area contributed by atoms with Gasteiger partial charge in [0.2, 0.25) is 0 Å². The summed E-state index contributed by atoms with van der Waals surface area (Å²) < 4.78 is 0. The first-order chi connectivity index (χ1) is 7.76. The number of nitrogens with one attached hydrogen (secondary N) is 2. The minimum atomic E-state index is 0.0491. The van der Waals surface area contributed by atoms with Gasteiger partial charge in [0.1, 0.15) is 0 Å². The highest BCUT2D eigenvalue weighted by atomic mass is 32.1.